The van der Waals surface area contributed by atoms with Crippen molar-refractivity contribution in [3.63, 3.8) is 0 Å². The second kappa shape index (κ2) is 3.55. The highest BCUT2D eigenvalue weighted by Crippen LogP contribution is 2.28. The second-order valence-electron chi connectivity index (χ2n) is 3.79. The third-order valence-electron chi connectivity index (χ3n) is 2.74. The van der Waals surface area contributed by atoms with Crippen LogP contribution >= 0.6 is 0 Å². The first kappa shape index (κ1) is 9.01. The van der Waals surface area contributed by atoms with Crippen molar-refractivity contribution in [3.05, 3.63) is 0 Å². The number of nitrogens with zero attached hydrogens (tertiary/aromatic N) is 1. The highest BCUT2D eigenvalue weighted by molar-refractivity contribution is 4.77. The van der Waals surface area contributed by atoms with Crippen molar-refractivity contribution in [2.45, 2.75) is 44.2 Å². The molecule has 0 atom stereocenters. The molecule has 0 amide bonds. The van der Waals surface area contributed by atoms with E-state index in [4.69, 9.17) is 0 Å². The van der Waals surface area contributed by atoms with Gasteiger partial charge in [-0.3, -0.25) is 4.90 Å². The van der Waals surface area contributed by atoms with Gasteiger partial charge < -0.3 is 5.11 Å². The van der Waals surface area contributed by atoms with E-state index in [1.165, 1.54) is 25.7 Å². The van der Waals surface area contributed by atoms with E-state index in [9.17, 15) is 5.11 Å². The summed E-state index contributed by atoms with van der Waals surface area (Å²) in [6, 6.07) is 0. The lowest BCUT2D eigenvalue weighted by atomic mass is 10.0. The summed E-state index contributed by atoms with van der Waals surface area (Å²) < 4.78 is 0. The molecule has 1 aliphatic rings. The molecule has 0 unspecified atom stereocenters. The molecule has 1 saturated carbocycles. The van der Waals surface area contributed by atoms with Crippen LogP contribution in [0.3, 0.4) is 0 Å². The summed E-state index contributed by atoms with van der Waals surface area (Å²) in [5.74, 6) is 0. The molecule has 11 heavy (non-hydrogen) atoms. The molecule has 0 bridgehead atoms. The molecule has 0 aliphatic heterocycles. The van der Waals surface area contributed by atoms with Gasteiger partial charge in [-0.15, -0.1) is 0 Å². The fourth-order valence-corrected chi connectivity index (χ4v) is 1.74. The third kappa shape index (κ3) is 2.17. The van der Waals surface area contributed by atoms with Gasteiger partial charge in [0.1, 0.15) is 5.72 Å². The summed E-state index contributed by atoms with van der Waals surface area (Å²) in [5, 5.41) is 10.1. The van der Waals surface area contributed by atoms with Gasteiger partial charge in [-0.1, -0.05) is 12.8 Å². The van der Waals surface area contributed by atoms with Gasteiger partial charge in [0, 0.05) is 0 Å². The molecule has 66 valence electrons. The van der Waals surface area contributed by atoms with Crippen molar-refractivity contribution < 1.29 is 5.11 Å². The van der Waals surface area contributed by atoms with Crippen molar-refractivity contribution in [1.82, 2.24) is 4.90 Å². The van der Waals surface area contributed by atoms with Crippen LogP contribution in [0.5, 0.6) is 0 Å². The van der Waals surface area contributed by atoms with E-state index in [-0.39, 0.29) is 0 Å². The van der Waals surface area contributed by atoms with E-state index in [1.54, 1.807) is 0 Å². The summed E-state index contributed by atoms with van der Waals surface area (Å²) in [5.41, 5.74) is -0.503. The van der Waals surface area contributed by atoms with E-state index in [0.29, 0.717) is 0 Å². The lowest BCUT2D eigenvalue weighted by molar-refractivity contribution is -0.0929. The Morgan fingerprint density at radius 3 is 1.82 bits per heavy atom. The summed E-state index contributed by atoms with van der Waals surface area (Å²) in [6.45, 7) is 0. The number of hydrogen-bond acceptors (Lipinski definition) is 2. The Bertz CT molecular complexity index is 115. The van der Waals surface area contributed by atoms with Gasteiger partial charge in [-0.05, 0) is 39.8 Å². The number of rotatable bonds is 1. The van der Waals surface area contributed by atoms with Gasteiger partial charge >= 0.3 is 0 Å². The second-order valence-corrected chi connectivity index (χ2v) is 3.79. The fourth-order valence-electron chi connectivity index (χ4n) is 1.74. The highest BCUT2D eigenvalue weighted by atomic mass is 16.3. The standard InChI is InChI=1S/C9H19NO/c1-10(2)9(11)7-5-3-4-6-8-9/h11H,3-8H2,1-2H3. The average Bonchev–Trinajstić information content (AvgIpc) is 2.15. The minimum atomic E-state index is -0.503. The lowest BCUT2D eigenvalue weighted by Gasteiger charge is -2.33. The summed E-state index contributed by atoms with van der Waals surface area (Å²) in [6.07, 6.45) is 6.82. The van der Waals surface area contributed by atoms with Gasteiger partial charge in [-0.25, -0.2) is 0 Å². The Kier molecular flexibility index (Phi) is 2.90. The smallest absolute Gasteiger partial charge is 0.118 e. The molecule has 1 aliphatic carbocycles. The zero-order chi connectivity index (χ0) is 8.32. The highest BCUT2D eigenvalue weighted by Gasteiger charge is 2.29. The van der Waals surface area contributed by atoms with Crippen LogP contribution in [0.1, 0.15) is 38.5 Å². The molecule has 0 radical (unpaired) electrons. The molecule has 0 heterocycles. The zero-order valence-electron chi connectivity index (χ0n) is 7.64. The Labute approximate surface area is 69.2 Å². The summed E-state index contributed by atoms with van der Waals surface area (Å²) >= 11 is 0. The van der Waals surface area contributed by atoms with E-state index in [0.717, 1.165) is 12.8 Å². The predicted molar refractivity (Wildman–Crippen MR) is 46.3 cm³/mol. The summed E-state index contributed by atoms with van der Waals surface area (Å²) in [7, 11) is 3.93. The maximum Gasteiger partial charge on any atom is 0.118 e. The first-order valence-corrected chi connectivity index (χ1v) is 4.55. The van der Waals surface area contributed by atoms with Crippen molar-refractivity contribution in [2.75, 3.05) is 14.1 Å². The molecular weight excluding hydrogens is 138 g/mol. The van der Waals surface area contributed by atoms with Gasteiger partial charge in [0.15, 0.2) is 0 Å². The van der Waals surface area contributed by atoms with Crippen LogP contribution in [0.25, 0.3) is 0 Å². The van der Waals surface area contributed by atoms with Crippen molar-refractivity contribution in [1.29, 1.82) is 0 Å². The molecule has 1 fully saturated rings. The largest absolute Gasteiger partial charge is 0.376 e. The third-order valence-corrected chi connectivity index (χ3v) is 2.74. The molecule has 0 aromatic rings. The fraction of sp³-hybridized carbons (Fsp3) is 1.00. The SMILES string of the molecule is CN(C)C1(O)CCCCCC1. The van der Waals surface area contributed by atoms with Crippen LogP contribution in [0.2, 0.25) is 0 Å². The van der Waals surface area contributed by atoms with Crippen molar-refractivity contribution in [3.8, 4) is 0 Å². The Balaban J connectivity index is 2.52. The topological polar surface area (TPSA) is 23.5 Å². The average molecular weight is 157 g/mol. The summed E-state index contributed by atoms with van der Waals surface area (Å²) in [4.78, 5) is 1.96. The monoisotopic (exact) mass is 157 g/mol. The van der Waals surface area contributed by atoms with E-state index in [2.05, 4.69) is 0 Å². The molecular formula is C9H19NO. The zero-order valence-corrected chi connectivity index (χ0v) is 7.64. The van der Waals surface area contributed by atoms with Crippen LogP contribution in [0.15, 0.2) is 0 Å². The predicted octanol–water partition coefficient (Wildman–Crippen LogP) is 1.59. The molecule has 2 nitrogen and oxygen atoms in total. The first-order valence-electron chi connectivity index (χ1n) is 4.55. The Morgan fingerprint density at radius 1 is 1.00 bits per heavy atom. The van der Waals surface area contributed by atoms with Gasteiger partial charge in [0.25, 0.3) is 0 Å². The van der Waals surface area contributed by atoms with Gasteiger partial charge in [0.2, 0.25) is 0 Å². The Hall–Kier alpha value is -0.0800. The van der Waals surface area contributed by atoms with Crippen molar-refractivity contribution in [2.24, 2.45) is 0 Å². The lowest BCUT2D eigenvalue weighted by Crippen LogP contribution is -2.43. The molecule has 0 aromatic heterocycles. The molecule has 0 saturated heterocycles. The number of aliphatic hydroxyl groups is 1. The van der Waals surface area contributed by atoms with Gasteiger partial charge in [0.05, 0.1) is 0 Å². The quantitative estimate of drug-likeness (QED) is 0.461. The van der Waals surface area contributed by atoms with Gasteiger partial charge in [-0.2, -0.15) is 0 Å². The van der Waals surface area contributed by atoms with E-state index in [1.807, 2.05) is 19.0 Å². The molecule has 0 aromatic carbocycles. The maximum absolute atomic E-state index is 10.1. The van der Waals surface area contributed by atoms with Crippen LogP contribution in [0, 0.1) is 0 Å². The van der Waals surface area contributed by atoms with Crippen molar-refractivity contribution >= 4 is 0 Å². The Morgan fingerprint density at radius 2 is 1.45 bits per heavy atom. The molecule has 1 N–H and O–H groups in total. The molecule has 0 spiro atoms. The maximum atomic E-state index is 10.1. The molecule has 1 rings (SSSR count). The van der Waals surface area contributed by atoms with Crippen LogP contribution in [-0.4, -0.2) is 29.8 Å². The minimum Gasteiger partial charge on any atom is -0.376 e. The first-order chi connectivity index (χ1) is 5.15. The molecule has 2 heteroatoms. The number of hydrogen-bond donors (Lipinski definition) is 1. The van der Waals surface area contributed by atoms with E-state index < -0.39 is 5.72 Å². The minimum absolute atomic E-state index is 0.503. The van der Waals surface area contributed by atoms with Crippen LogP contribution < -0.4 is 0 Å². The normalized spacial score (nSPS) is 25.1. The van der Waals surface area contributed by atoms with Crippen LogP contribution in [-0.2, 0) is 0 Å². The van der Waals surface area contributed by atoms with Crippen LogP contribution in [0.4, 0.5) is 0 Å². The van der Waals surface area contributed by atoms with E-state index >= 15 is 0 Å².